The molecule has 0 N–H and O–H groups in total. The molecule has 0 spiro atoms. The van der Waals surface area contributed by atoms with Crippen LogP contribution in [-0.2, 0) is 11.2 Å². The van der Waals surface area contributed by atoms with Crippen molar-refractivity contribution in [2.75, 3.05) is 31.1 Å². The Morgan fingerprint density at radius 1 is 0.923 bits per heavy atom. The average Bonchev–Trinajstić information content (AvgIpc) is 2.63. The molecule has 2 aromatic carbocycles. The molecule has 1 aliphatic rings. The molecule has 0 radical (unpaired) electrons. The van der Waals surface area contributed by atoms with E-state index in [1.54, 1.807) is 0 Å². The number of rotatable bonds is 4. The van der Waals surface area contributed by atoms with Gasteiger partial charge in [0.25, 0.3) is 0 Å². The van der Waals surface area contributed by atoms with E-state index in [0.717, 1.165) is 32.6 Å². The molecule has 2 aromatic rings. The molecule has 3 nitrogen and oxygen atoms in total. The van der Waals surface area contributed by atoms with Crippen LogP contribution in [0.25, 0.3) is 0 Å². The Labute approximate surface area is 157 Å². The third-order valence-electron chi connectivity index (χ3n) is 5.66. The molecule has 1 aliphatic heterocycles. The van der Waals surface area contributed by atoms with Crippen molar-refractivity contribution in [2.24, 2.45) is 0 Å². The maximum Gasteiger partial charge on any atom is 0.223 e. The van der Waals surface area contributed by atoms with Crippen molar-refractivity contribution < 1.29 is 4.79 Å². The zero-order chi connectivity index (χ0) is 18.7. The molecule has 1 heterocycles. The minimum Gasteiger partial charge on any atom is -0.368 e. The van der Waals surface area contributed by atoms with Gasteiger partial charge in [0.1, 0.15) is 0 Å². The molecule has 0 aromatic heterocycles. The van der Waals surface area contributed by atoms with Gasteiger partial charge in [-0.1, -0.05) is 35.9 Å². The van der Waals surface area contributed by atoms with Crippen LogP contribution in [0.4, 0.5) is 5.69 Å². The van der Waals surface area contributed by atoms with Crippen molar-refractivity contribution in [3.8, 4) is 0 Å². The number of amides is 1. The quantitative estimate of drug-likeness (QED) is 0.825. The van der Waals surface area contributed by atoms with Gasteiger partial charge in [-0.05, 0) is 62.4 Å². The summed E-state index contributed by atoms with van der Waals surface area (Å²) in [5, 5.41) is 0. The van der Waals surface area contributed by atoms with E-state index in [-0.39, 0.29) is 5.91 Å². The topological polar surface area (TPSA) is 23.6 Å². The summed E-state index contributed by atoms with van der Waals surface area (Å²) in [4.78, 5) is 17.1. The largest absolute Gasteiger partial charge is 0.368 e. The van der Waals surface area contributed by atoms with E-state index >= 15 is 0 Å². The van der Waals surface area contributed by atoms with Crippen LogP contribution >= 0.6 is 0 Å². The first-order valence-electron chi connectivity index (χ1n) is 9.61. The fourth-order valence-corrected chi connectivity index (χ4v) is 3.80. The first-order chi connectivity index (χ1) is 12.5. The highest BCUT2D eigenvalue weighted by atomic mass is 16.2. The summed E-state index contributed by atoms with van der Waals surface area (Å²) < 4.78 is 0. The summed E-state index contributed by atoms with van der Waals surface area (Å²) >= 11 is 0. The van der Waals surface area contributed by atoms with Crippen LogP contribution in [-0.4, -0.2) is 37.0 Å². The fourth-order valence-electron chi connectivity index (χ4n) is 3.80. The third-order valence-corrected chi connectivity index (χ3v) is 5.66. The van der Waals surface area contributed by atoms with Crippen molar-refractivity contribution in [2.45, 2.75) is 40.5 Å². The Morgan fingerprint density at radius 3 is 2.35 bits per heavy atom. The molecule has 3 rings (SSSR count). The van der Waals surface area contributed by atoms with Gasteiger partial charge in [-0.25, -0.2) is 0 Å². The normalized spacial score (nSPS) is 14.6. The number of piperazine rings is 1. The first-order valence-corrected chi connectivity index (χ1v) is 9.61. The molecule has 3 heteroatoms. The van der Waals surface area contributed by atoms with Gasteiger partial charge in [0.05, 0.1) is 0 Å². The van der Waals surface area contributed by atoms with Gasteiger partial charge in [-0.2, -0.15) is 0 Å². The number of hydrogen-bond donors (Lipinski definition) is 0. The van der Waals surface area contributed by atoms with Crippen LogP contribution in [0.3, 0.4) is 0 Å². The second-order valence-electron chi connectivity index (χ2n) is 7.52. The smallest absolute Gasteiger partial charge is 0.223 e. The van der Waals surface area contributed by atoms with Gasteiger partial charge in [-0.3, -0.25) is 4.79 Å². The van der Waals surface area contributed by atoms with E-state index in [1.165, 1.54) is 33.5 Å². The molecule has 1 fully saturated rings. The van der Waals surface area contributed by atoms with Crippen LogP contribution in [0.1, 0.15) is 34.2 Å². The summed E-state index contributed by atoms with van der Waals surface area (Å²) in [6.07, 6.45) is 1.44. The van der Waals surface area contributed by atoms with Crippen molar-refractivity contribution in [1.82, 2.24) is 4.90 Å². The van der Waals surface area contributed by atoms with Crippen LogP contribution in [0.5, 0.6) is 0 Å². The van der Waals surface area contributed by atoms with E-state index in [1.807, 2.05) is 4.90 Å². The molecular formula is C23H30N2O. The Morgan fingerprint density at radius 2 is 1.65 bits per heavy atom. The monoisotopic (exact) mass is 350 g/mol. The minimum absolute atomic E-state index is 0.283. The number of benzene rings is 2. The second kappa shape index (κ2) is 7.94. The standard InChI is InChI=1S/C23H30N2O/c1-17-8-9-21(19(3)16-17)10-11-23(26)25-14-12-24(13-15-25)22-7-5-6-18(2)20(22)4/h5-9,16H,10-15H2,1-4H3. The van der Waals surface area contributed by atoms with Gasteiger partial charge in [0, 0.05) is 38.3 Å². The second-order valence-corrected chi connectivity index (χ2v) is 7.52. The summed E-state index contributed by atoms with van der Waals surface area (Å²) in [6, 6.07) is 13.0. The Kier molecular flexibility index (Phi) is 5.65. The maximum absolute atomic E-state index is 12.6. The van der Waals surface area contributed by atoms with Gasteiger partial charge in [-0.15, -0.1) is 0 Å². The summed E-state index contributed by atoms with van der Waals surface area (Å²) in [6.45, 7) is 12.1. The molecular weight excluding hydrogens is 320 g/mol. The van der Waals surface area contributed by atoms with Gasteiger partial charge < -0.3 is 9.80 Å². The van der Waals surface area contributed by atoms with Crippen LogP contribution in [0.2, 0.25) is 0 Å². The zero-order valence-corrected chi connectivity index (χ0v) is 16.5. The van der Waals surface area contributed by atoms with Gasteiger partial charge in [0.15, 0.2) is 0 Å². The van der Waals surface area contributed by atoms with E-state index in [4.69, 9.17) is 0 Å². The van der Waals surface area contributed by atoms with E-state index in [9.17, 15) is 4.79 Å². The van der Waals surface area contributed by atoms with Crippen molar-refractivity contribution in [3.05, 3.63) is 64.2 Å². The SMILES string of the molecule is Cc1ccc(CCC(=O)N2CCN(c3cccc(C)c3C)CC2)c(C)c1. The Hall–Kier alpha value is -2.29. The van der Waals surface area contributed by atoms with Crippen molar-refractivity contribution in [3.63, 3.8) is 0 Å². The van der Waals surface area contributed by atoms with Crippen LogP contribution < -0.4 is 4.90 Å². The number of hydrogen-bond acceptors (Lipinski definition) is 2. The Balaban J connectivity index is 1.54. The molecule has 0 atom stereocenters. The van der Waals surface area contributed by atoms with Crippen molar-refractivity contribution in [1.29, 1.82) is 0 Å². The first kappa shape index (κ1) is 18.5. The van der Waals surface area contributed by atoms with Gasteiger partial charge >= 0.3 is 0 Å². The Bertz CT molecular complexity index is 789. The molecule has 26 heavy (non-hydrogen) atoms. The fraction of sp³-hybridized carbons (Fsp3) is 0.435. The number of anilines is 1. The molecule has 138 valence electrons. The zero-order valence-electron chi connectivity index (χ0n) is 16.5. The van der Waals surface area contributed by atoms with Crippen LogP contribution in [0.15, 0.2) is 36.4 Å². The average molecular weight is 351 g/mol. The summed E-state index contributed by atoms with van der Waals surface area (Å²) in [5.41, 5.74) is 7.85. The molecule has 0 aliphatic carbocycles. The highest BCUT2D eigenvalue weighted by molar-refractivity contribution is 5.77. The lowest BCUT2D eigenvalue weighted by molar-refractivity contribution is -0.131. The maximum atomic E-state index is 12.6. The number of carbonyl (C=O) groups excluding carboxylic acids is 1. The van der Waals surface area contributed by atoms with E-state index < -0.39 is 0 Å². The summed E-state index contributed by atoms with van der Waals surface area (Å²) in [5.74, 6) is 0.283. The molecule has 0 bridgehead atoms. The van der Waals surface area contributed by atoms with Gasteiger partial charge in [0.2, 0.25) is 5.91 Å². The minimum atomic E-state index is 0.283. The van der Waals surface area contributed by atoms with Crippen molar-refractivity contribution >= 4 is 11.6 Å². The lowest BCUT2D eigenvalue weighted by Gasteiger charge is -2.37. The molecule has 0 saturated carbocycles. The number of aryl methyl sites for hydroxylation is 4. The highest BCUT2D eigenvalue weighted by Crippen LogP contribution is 2.24. The summed E-state index contributed by atoms with van der Waals surface area (Å²) in [7, 11) is 0. The lowest BCUT2D eigenvalue weighted by Crippen LogP contribution is -2.49. The van der Waals surface area contributed by atoms with E-state index in [2.05, 4.69) is 69.0 Å². The molecule has 1 amide bonds. The molecule has 1 saturated heterocycles. The third kappa shape index (κ3) is 4.09. The number of nitrogens with zero attached hydrogens (tertiary/aromatic N) is 2. The lowest BCUT2D eigenvalue weighted by atomic mass is 10.0. The number of carbonyl (C=O) groups is 1. The predicted molar refractivity (Wildman–Crippen MR) is 109 cm³/mol. The molecule has 0 unspecified atom stereocenters. The van der Waals surface area contributed by atoms with Crippen LogP contribution in [0, 0.1) is 27.7 Å². The predicted octanol–water partition coefficient (Wildman–Crippen LogP) is 4.20. The van der Waals surface area contributed by atoms with E-state index in [0.29, 0.717) is 6.42 Å². The highest BCUT2D eigenvalue weighted by Gasteiger charge is 2.22.